The topological polar surface area (TPSA) is 26.3 Å². The van der Waals surface area contributed by atoms with E-state index in [0.29, 0.717) is 16.5 Å². The van der Waals surface area contributed by atoms with Gasteiger partial charge in [0.1, 0.15) is 0 Å². The molecule has 0 aromatic carbocycles. The fourth-order valence-corrected chi connectivity index (χ4v) is 34.5. The Bertz CT molecular complexity index is 359. The lowest BCUT2D eigenvalue weighted by atomic mass is 10.4. The van der Waals surface area contributed by atoms with Gasteiger partial charge in [-0.3, -0.25) is 0 Å². The van der Waals surface area contributed by atoms with Crippen molar-refractivity contribution in [1.29, 1.82) is 0 Å². The molecule has 0 bridgehead atoms. The normalized spacial score (nSPS) is 14.0. The van der Waals surface area contributed by atoms with Crippen LogP contribution < -0.4 is 0 Å². The highest BCUT2D eigenvalue weighted by Crippen LogP contribution is 2.56. The fourth-order valence-electron chi connectivity index (χ4n) is 4.92. The number of hydrogen-bond acceptors (Lipinski definition) is 2. The van der Waals surface area contributed by atoms with E-state index < -0.39 is 24.2 Å². The molecular formula is C16H36O2Si3. The predicted molar refractivity (Wildman–Crippen MR) is 103 cm³/mol. The first-order valence-corrected chi connectivity index (χ1v) is 18.4. The fraction of sp³-hybridized carbons (Fsp3) is 0.812. The van der Waals surface area contributed by atoms with E-state index in [2.05, 4.69) is 65.5 Å². The van der Waals surface area contributed by atoms with Crippen LogP contribution in [-0.4, -0.2) is 36.8 Å². The van der Waals surface area contributed by atoms with Gasteiger partial charge < -0.3 is 4.74 Å². The van der Waals surface area contributed by atoms with E-state index in [9.17, 15) is 4.79 Å². The molecule has 5 heteroatoms. The highest BCUT2D eigenvalue weighted by Gasteiger charge is 2.59. The standard InChI is InChI=1S/C16H36O2Si3/c1-14(2)15(17)18-13-12-16(19(3,4)5,20(6,7)8)21(9,10)11/h1,12-13H2,2-11H3. The minimum absolute atomic E-state index is 0.245. The van der Waals surface area contributed by atoms with Crippen LogP contribution in [0.4, 0.5) is 0 Å². The van der Waals surface area contributed by atoms with Gasteiger partial charge in [0.2, 0.25) is 0 Å². The molecule has 124 valence electrons. The van der Waals surface area contributed by atoms with Gasteiger partial charge in [0.25, 0.3) is 0 Å². The first kappa shape index (κ1) is 20.9. The lowest BCUT2D eigenvalue weighted by molar-refractivity contribution is -0.139. The highest BCUT2D eigenvalue weighted by molar-refractivity contribution is 7.15. The summed E-state index contributed by atoms with van der Waals surface area (Å²) < 4.78 is 5.92. The van der Waals surface area contributed by atoms with Crippen molar-refractivity contribution in [3.8, 4) is 0 Å². The molecule has 0 aromatic rings. The molecule has 0 radical (unpaired) electrons. The van der Waals surface area contributed by atoms with E-state index >= 15 is 0 Å². The van der Waals surface area contributed by atoms with Crippen LogP contribution in [0.3, 0.4) is 0 Å². The van der Waals surface area contributed by atoms with Gasteiger partial charge in [-0.25, -0.2) is 4.79 Å². The van der Waals surface area contributed by atoms with Crippen LogP contribution in [0.1, 0.15) is 13.3 Å². The molecule has 0 aromatic heterocycles. The van der Waals surface area contributed by atoms with Crippen LogP contribution in [0, 0.1) is 0 Å². The van der Waals surface area contributed by atoms with Gasteiger partial charge in [-0.15, -0.1) is 0 Å². The number of esters is 1. The summed E-state index contributed by atoms with van der Waals surface area (Å²) in [5, 5.41) is 0. The van der Waals surface area contributed by atoms with E-state index in [1.54, 1.807) is 6.92 Å². The Morgan fingerprint density at radius 3 is 1.48 bits per heavy atom. The summed E-state index contributed by atoms with van der Waals surface area (Å²) in [6.45, 7) is 28.5. The lowest BCUT2D eigenvalue weighted by Crippen LogP contribution is -2.66. The summed E-state index contributed by atoms with van der Waals surface area (Å²) >= 11 is 0. The Labute approximate surface area is 135 Å². The van der Waals surface area contributed by atoms with Crippen LogP contribution in [0.15, 0.2) is 12.2 Å². The molecule has 0 saturated carbocycles. The molecule has 0 rings (SSSR count). The molecule has 0 amide bonds. The number of rotatable bonds is 7. The molecule has 0 aliphatic rings. The van der Waals surface area contributed by atoms with Crippen molar-refractivity contribution in [1.82, 2.24) is 0 Å². The van der Waals surface area contributed by atoms with Crippen LogP contribution in [0.5, 0.6) is 0 Å². The van der Waals surface area contributed by atoms with Crippen molar-refractivity contribution in [3.05, 3.63) is 12.2 Å². The summed E-state index contributed by atoms with van der Waals surface area (Å²) in [4.78, 5) is 11.7. The van der Waals surface area contributed by atoms with Gasteiger partial charge in [0, 0.05) is 29.8 Å². The van der Waals surface area contributed by atoms with Gasteiger partial charge in [-0.05, 0) is 17.6 Å². The Kier molecular flexibility index (Phi) is 6.50. The molecule has 0 atom stereocenters. The third-order valence-corrected chi connectivity index (χ3v) is 26.8. The first-order chi connectivity index (χ1) is 9.08. The third-order valence-electron chi connectivity index (χ3n) is 4.90. The van der Waals surface area contributed by atoms with Gasteiger partial charge in [-0.1, -0.05) is 65.5 Å². The predicted octanol–water partition coefficient (Wildman–Crippen LogP) is 5.33. The number of hydrogen-bond donors (Lipinski definition) is 0. The zero-order chi connectivity index (χ0) is 17.3. The zero-order valence-electron chi connectivity index (χ0n) is 15.9. The molecule has 2 nitrogen and oxygen atoms in total. The van der Waals surface area contributed by atoms with E-state index in [0.717, 1.165) is 6.42 Å². The number of carbonyl (C=O) groups is 1. The number of ether oxygens (including phenoxy) is 1. The van der Waals surface area contributed by atoms with E-state index in [1.165, 1.54) is 0 Å². The number of carbonyl (C=O) groups excluding carboxylic acids is 1. The van der Waals surface area contributed by atoms with Crippen molar-refractivity contribution < 1.29 is 9.53 Å². The van der Waals surface area contributed by atoms with Gasteiger partial charge >= 0.3 is 5.97 Å². The van der Waals surface area contributed by atoms with Crippen LogP contribution in [0.2, 0.25) is 63.2 Å². The van der Waals surface area contributed by atoms with E-state index in [1.807, 2.05) is 0 Å². The van der Waals surface area contributed by atoms with Gasteiger partial charge in [0.15, 0.2) is 0 Å². The maximum atomic E-state index is 11.7. The first-order valence-electron chi connectivity index (χ1n) is 7.90. The van der Waals surface area contributed by atoms with Crippen molar-refractivity contribution in [2.75, 3.05) is 6.61 Å². The molecule has 0 saturated heterocycles. The molecule has 0 N–H and O–H groups in total. The minimum atomic E-state index is -1.40. The monoisotopic (exact) mass is 344 g/mol. The van der Waals surface area contributed by atoms with Crippen molar-refractivity contribution in [3.63, 3.8) is 0 Å². The highest BCUT2D eigenvalue weighted by atomic mass is 28.5. The quantitative estimate of drug-likeness (QED) is 0.354. The van der Waals surface area contributed by atoms with Crippen molar-refractivity contribution in [2.24, 2.45) is 0 Å². The maximum Gasteiger partial charge on any atom is 0.333 e. The van der Waals surface area contributed by atoms with Crippen molar-refractivity contribution >= 4 is 30.2 Å². The third kappa shape index (κ3) is 4.42. The molecule has 0 aliphatic heterocycles. The molecule has 0 heterocycles. The molecule has 0 aliphatic carbocycles. The summed E-state index contributed by atoms with van der Waals surface area (Å²) in [5.41, 5.74) is 0.495. The summed E-state index contributed by atoms with van der Waals surface area (Å²) in [5.74, 6) is -0.245. The van der Waals surface area contributed by atoms with E-state index in [-0.39, 0.29) is 5.97 Å². The van der Waals surface area contributed by atoms with E-state index in [4.69, 9.17) is 4.74 Å². The Morgan fingerprint density at radius 2 is 1.24 bits per heavy atom. The largest absolute Gasteiger partial charge is 0.462 e. The molecule has 0 spiro atoms. The molecule has 0 fully saturated rings. The summed E-state index contributed by atoms with van der Waals surface area (Å²) in [7, 11) is -4.19. The minimum Gasteiger partial charge on any atom is -0.462 e. The van der Waals surface area contributed by atoms with Crippen LogP contribution >= 0.6 is 0 Å². The second kappa shape index (κ2) is 6.54. The lowest BCUT2D eigenvalue weighted by Gasteiger charge is -2.59. The summed E-state index contributed by atoms with van der Waals surface area (Å²) in [6.07, 6.45) is 1.03. The molecule has 0 unspecified atom stereocenters. The summed E-state index contributed by atoms with van der Waals surface area (Å²) in [6, 6.07) is 0. The van der Waals surface area contributed by atoms with Crippen LogP contribution in [0.25, 0.3) is 0 Å². The SMILES string of the molecule is C=C(C)C(=O)OCCC([Si](C)(C)C)([Si](C)(C)C)[Si](C)(C)C. The Hall–Kier alpha value is -0.139. The van der Waals surface area contributed by atoms with Gasteiger partial charge in [-0.2, -0.15) is 0 Å². The zero-order valence-corrected chi connectivity index (χ0v) is 18.9. The van der Waals surface area contributed by atoms with Crippen LogP contribution in [-0.2, 0) is 9.53 Å². The molecular weight excluding hydrogens is 308 g/mol. The molecule has 21 heavy (non-hydrogen) atoms. The van der Waals surface area contributed by atoms with Gasteiger partial charge in [0.05, 0.1) is 6.61 Å². The second-order valence-corrected chi connectivity index (χ2v) is 26.9. The average Bonchev–Trinajstić information content (AvgIpc) is 2.17. The maximum absolute atomic E-state index is 11.7. The Morgan fingerprint density at radius 1 is 0.905 bits per heavy atom. The van der Waals surface area contributed by atoms with Crippen molar-refractivity contribution in [2.45, 2.75) is 76.6 Å². The Balaban J connectivity index is 5.54. The second-order valence-electron chi connectivity index (χ2n) is 9.32. The smallest absolute Gasteiger partial charge is 0.333 e. The average molecular weight is 345 g/mol.